The average molecular weight is 282 g/mol. The first-order valence-electron chi connectivity index (χ1n) is 6.83. The Kier molecular flexibility index (Phi) is 4.91. The summed E-state index contributed by atoms with van der Waals surface area (Å²) in [4.78, 5) is 13.6. The fraction of sp³-hybridized carbons (Fsp3) is 0.714. The van der Waals surface area contributed by atoms with Crippen LogP contribution in [-0.2, 0) is 11.3 Å². The molecule has 0 aromatic carbocycles. The van der Waals surface area contributed by atoms with Crippen LogP contribution in [-0.4, -0.2) is 34.5 Å². The monoisotopic (exact) mass is 282 g/mol. The van der Waals surface area contributed by atoms with Crippen molar-refractivity contribution >= 4 is 17.7 Å². The molecule has 0 unspecified atom stereocenters. The number of aromatic nitrogens is 1. The number of nitrogens with zero attached hydrogens (tertiary/aromatic N) is 2. The van der Waals surface area contributed by atoms with Crippen LogP contribution in [0.15, 0.2) is 10.6 Å². The summed E-state index contributed by atoms with van der Waals surface area (Å²) in [6.45, 7) is 4.65. The van der Waals surface area contributed by atoms with Gasteiger partial charge >= 0.3 is 0 Å². The Morgan fingerprint density at radius 1 is 1.58 bits per heavy atom. The van der Waals surface area contributed by atoms with E-state index in [2.05, 4.69) is 19.0 Å². The summed E-state index contributed by atoms with van der Waals surface area (Å²) in [5, 5.41) is 4.00. The minimum absolute atomic E-state index is 0.160. The van der Waals surface area contributed by atoms with Gasteiger partial charge in [-0.05, 0) is 30.4 Å². The molecule has 1 aliphatic rings. The zero-order chi connectivity index (χ0) is 13.8. The second-order valence-corrected chi connectivity index (χ2v) is 6.61. The van der Waals surface area contributed by atoms with Crippen molar-refractivity contribution in [2.24, 2.45) is 5.92 Å². The van der Waals surface area contributed by atoms with Crippen LogP contribution in [0.2, 0.25) is 0 Å². The minimum atomic E-state index is 0.160. The van der Waals surface area contributed by atoms with Gasteiger partial charge in [0.2, 0.25) is 5.91 Å². The Labute approximate surface area is 118 Å². The molecule has 1 aliphatic carbocycles. The molecular weight excluding hydrogens is 260 g/mol. The van der Waals surface area contributed by atoms with Crippen LogP contribution in [0.4, 0.5) is 0 Å². The lowest BCUT2D eigenvalue weighted by molar-refractivity contribution is -0.127. The molecule has 0 atom stereocenters. The summed E-state index contributed by atoms with van der Waals surface area (Å²) in [5.41, 5.74) is 0.943. The molecule has 0 aliphatic heterocycles. The fourth-order valence-corrected chi connectivity index (χ4v) is 2.88. The predicted octanol–water partition coefficient (Wildman–Crippen LogP) is 2.90. The highest BCUT2D eigenvalue weighted by atomic mass is 32.2. The molecule has 106 valence electrons. The number of hydrogen-bond acceptors (Lipinski definition) is 4. The van der Waals surface area contributed by atoms with Crippen LogP contribution in [0.5, 0.6) is 0 Å². The maximum atomic E-state index is 11.9. The third-order valence-electron chi connectivity index (χ3n) is 3.26. The Morgan fingerprint density at radius 3 is 2.89 bits per heavy atom. The quantitative estimate of drug-likeness (QED) is 0.771. The van der Waals surface area contributed by atoms with Gasteiger partial charge in [-0.3, -0.25) is 4.79 Å². The van der Waals surface area contributed by atoms with Gasteiger partial charge in [0.25, 0.3) is 0 Å². The molecule has 1 fully saturated rings. The van der Waals surface area contributed by atoms with Gasteiger partial charge in [-0.1, -0.05) is 19.0 Å². The van der Waals surface area contributed by atoms with Gasteiger partial charge in [0, 0.05) is 13.1 Å². The molecule has 0 spiro atoms. The molecule has 1 heterocycles. The first kappa shape index (κ1) is 14.4. The lowest BCUT2D eigenvalue weighted by Crippen LogP contribution is -2.27. The van der Waals surface area contributed by atoms with Crippen LogP contribution in [0.25, 0.3) is 0 Å². The van der Waals surface area contributed by atoms with Crippen LogP contribution >= 0.6 is 11.8 Å². The van der Waals surface area contributed by atoms with Crippen LogP contribution in [0.1, 0.15) is 44.1 Å². The van der Waals surface area contributed by atoms with Crippen molar-refractivity contribution in [3.05, 3.63) is 17.5 Å². The third-order valence-corrected chi connectivity index (χ3v) is 4.42. The second kappa shape index (κ2) is 6.46. The van der Waals surface area contributed by atoms with Crippen LogP contribution in [0, 0.1) is 5.92 Å². The van der Waals surface area contributed by atoms with Gasteiger partial charge in [-0.2, -0.15) is 11.8 Å². The van der Waals surface area contributed by atoms with E-state index in [-0.39, 0.29) is 5.91 Å². The molecule has 1 amide bonds. The van der Waals surface area contributed by atoms with Crippen LogP contribution < -0.4 is 0 Å². The molecule has 2 rings (SSSR count). The second-order valence-electron chi connectivity index (χ2n) is 5.58. The van der Waals surface area contributed by atoms with E-state index in [1.54, 1.807) is 16.7 Å². The topological polar surface area (TPSA) is 46.3 Å². The maximum Gasteiger partial charge on any atom is 0.232 e. The predicted molar refractivity (Wildman–Crippen MR) is 77.1 cm³/mol. The van der Waals surface area contributed by atoms with Crippen molar-refractivity contribution in [1.82, 2.24) is 10.1 Å². The molecule has 0 radical (unpaired) electrons. The number of rotatable bonds is 7. The number of hydrogen-bond donors (Lipinski definition) is 0. The van der Waals surface area contributed by atoms with Crippen molar-refractivity contribution < 1.29 is 9.32 Å². The summed E-state index contributed by atoms with van der Waals surface area (Å²) in [6.07, 6.45) is 2.68. The third kappa shape index (κ3) is 4.56. The summed E-state index contributed by atoms with van der Waals surface area (Å²) < 4.78 is 5.25. The largest absolute Gasteiger partial charge is 0.359 e. The molecule has 4 nitrogen and oxygen atoms in total. The molecule has 0 N–H and O–H groups in total. The first-order valence-corrected chi connectivity index (χ1v) is 7.99. The van der Waals surface area contributed by atoms with Crippen molar-refractivity contribution in [2.75, 3.05) is 18.6 Å². The zero-order valence-corrected chi connectivity index (χ0v) is 12.7. The Balaban J connectivity index is 1.74. The van der Waals surface area contributed by atoms with Crippen molar-refractivity contribution in [1.29, 1.82) is 0 Å². The lowest BCUT2D eigenvalue weighted by atomic mass is 10.1. The van der Waals surface area contributed by atoms with Crippen molar-refractivity contribution in [2.45, 2.75) is 39.2 Å². The molecule has 1 aromatic rings. The molecular formula is C14H22N2O2S. The van der Waals surface area contributed by atoms with Crippen molar-refractivity contribution in [3.63, 3.8) is 0 Å². The van der Waals surface area contributed by atoms with Gasteiger partial charge in [-0.25, -0.2) is 0 Å². The Hall–Kier alpha value is -0.970. The number of thioether (sulfide) groups is 1. The number of amides is 1. The molecule has 19 heavy (non-hydrogen) atoms. The van der Waals surface area contributed by atoms with Gasteiger partial charge in [0.15, 0.2) is 5.76 Å². The van der Waals surface area contributed by atoms with E-state index < -0.39 is 0 Å². The van der Waals surface area contributed by atoms with Gasteiger partial charge in [0.1, 0.15) is 0 Å². The standard InChI is InChI=1S/C14H22N2O2S/c1-10(2)13-6-12(18-15-13)7-16(3)14(17)9-19-8-11-4-5-11/h6,10-11H,4-5,7-9H2,1-3H3. The molecule has 5 heteroatoms. The van der Waals surface area contributed by atoms with Crippen molar-refractivity contribution in [3.8, 4) is 0 Å². The van der Waals surface area contributed by atoms with Crippen LogP contribution in [0.3, 0.4) is 0 Å². The number of carbonyl (C=O) groups is 1. The van der Waals surface area contributed by atoms with E-state index >= 15 is 0 Å². The normalized spacial score (nSPS) is 14.9. The SMILES string of the molecule is CC(C)c1cc(CN(C)C(=O)CSCC2CC2)on1. The minimum Gasteiger partial charge on any atom is -0.359 e. The Morgan fingerprint density at radius 2 is 2.32 bits per heavy atom. The zero-order valence-electron chi connectivity index (χ0n) is 11.9. The van der Waals surface area contributed by atoms with E-state index in [1.807, 2.05) is 13.1 Å². The van der Waals surface area contributed by atoms with E-state index in [9.17, 15) is 4.79 Å². The van der Waals surface area contributed by atoms with E-state index in [0.717, 1.165) is 23.1 Å². The highest BCUT2D eigenvalue weighted by Crippen LogP contribution is 2.32. The first-order chi connectivity index (χ1) is 9.06. The lowest BCUT2D eigenvalue weighted by Gasteiger charge is -2.14. The summed E-state index contributed by atoms with van der Waals surface area (Å²) in [5.74, 6) is 3.83. The highest BCUT2D eigenvalue weighted by Gasteiger charge is 2.21. The molecule has 1 aromatic heterocycles. The van der Waals surface area contributed by atoms with Gasteiger partial charge in [-0.15, -0.1) is 0 Å². The fourth-order valence-electron chi connectivity index (χ4n) is 1.71. The summed E-state index contributed by atoms with van der Waals surface area (Å²) in [6, 6.07) is 1.94. The van der Waals surface area contributed by atoms with E-state index in [4.69, 9.17) is 4.52 Å². The van der Waals surface area contributed by atoms with E-state index in [0.29, 0.717) is 18.2 Å². The summed E-state index contributed by atoms with van der Waals surface area (Å²) >= 11 is 1.74. The summed E-state index contributed by atoms with van der Waals surface area (Å²) in [7, 11) is 1.82. The Bertz CT molecular complexity index is 427. The highest BCUT2D eigenvalue weighted by molar-refractivity contribution is 7.99. The maximum absolute atomic E-state index is 11.9. The van der Waals surface area contributed by atoms with E-state index in [1.165, 1.54) is 12.8 Å². The van der Waals surface area contributed by atoms with Gasteiger partial charge in [0.05, 0.1) is 18.0 Å². The van der Waals surface area contributed by atoms with Gasteiger partial charge < -0.3 is 9.42 Å². The molecule has 0 bridgehead atoms. The molecule has 0 saturated heterocycles. The molecule has 1 saturated carbocycles. The smallest absolute Gasteiger partial charge is 0.232 e. The number of carbonyl (C=O) groups excluding carboxylic acids is 1. The average Bonchev–Trinajstić information content (AvgIpc) is 3.06.